The minimum atomic E-state index is -1.36. The van der Waals surface area contributed by atoms with Crippen LogP contribution in [0.4, 0.5) is 4.79 Å². The first-order chi connectivity index (χ1) is 7.69. The molecule has 1 rings (SSSR count). The molecule has 3 N–H and O–H groups in total. The van der Waals surface area contributed by atoms with Crippen molar-refractivity contribution in [1.82, 2.24) is 10.2 Å². The number of amides is 1. The molecule has 6 nitrogen and oxygen atoms in total. The monoisotopic (exact) mass is 244 g/mol. The summed E-state index contributed by atoms with van der Waals surface area (Å²) in [6.45, 7) is 6.58. The molecule has 98 valence electrons. The highest BCUT2D eigenvalue weighted by Crippen LogP contribution is 2.33. The zero-order chi connectivity index (χ0) is 13.3. The van der Waals surface area contributed by atoms with E-state index in [0.717, 1.165) is 4.90 Å². The second-order valence-electron chi connectivity index (χ2n) is 5.69. The van der Waals surface area contributed by atoms with Crippen LogP contribution in [0.5, 0.6) is 0 Å². The lowest BCUT2D eigenvalue weighted by Crippen LogP contribution is -2.67. The summed E-state index contributed by atoms with van der Waals surface area (Å²) in [5.74, 6) is -1.08. The van der Waals surface area contributed by atoms with Crippen LogP contribution in [0.3, 0.4) is 0 Å². The Balaban J connectivity index is 3.10. The van der Waals surface area contributed by atoms with Crippen LogP contribution in [0.1, 0.15) is 27.2 Å². The lowest BCUT2D eigenvalue weighted by Gasteiger charge is -2.45. The van der Waals surface area contributed by atoms with Gasteiger partial charge in [-0.15, -0.1) is 0 Å². The Bertz CT molecular complexity index is 324. The molecule has 1 heterocycles. The van der Waals surface area contributed by atoms with E-state index in [9.17, 15) is 14.7 Å². The van der Waals surface area contributed by atoms with Gasteiger partial charge in [0.25, 0.3) is 0 Å². The Kier molecular flexibility index (Phi) is 3.66. The van der Waals surface area contributed by atoms with Crippen molar-refractivity contribution in [3.8, 4) is 0 Å². The number of nitrogens with zero attached hydrogens (tertiary/aromatic N) is 1. The van der Waals surface area contributed by atoms with Crippen LogP contribution in [-0.2, 0) is 4.79 Å². The fourth-order valence-corrected chi connectivity index (χ4v) is 2.38. The molecule has 1 amide bonds. The number of hydrogen-bond donors (Lipinski definition) is 3. The molecule has 0 bridgehead atoms. The number of carbonyl (C=O) groups is 2. The summed E-state index contributed by atoms with van der Waals surface area (Å²) in [7, 11) is 0. The Labute approximate surface area is 101 Å². The smallest absolute Gasteiger partial charge is 0.408 e. The normalized spacial score (nSPS) is 25.7. The van der Waals surface area contributed by atoms with Gasteiger partial charge in [0.2, 0.25) is 0 Å². The van der Waals surface area contributed by atoms with Crippen LogP contribution < -0.4 is 5.32 Å². The van der Waals surface area contributed by atoms with E-state index in [-0.39, 0.29) is 24.9 Å². The number of carboxylic acids is 1. The minimum absolute atomic E-state index is 0.159. The largest absolute Gasteiger partial charge is 0.479 e. The predicted octanol–water partition coefficient (Wildman–Crippen LogP) is 0.829. The fraction of sp³-hybridized carbons (Fsp3) is 0.818. The van der Waals surface area contributed by atoms with Crippen LogP contribution >= 0.6 is 0 Å². The molecule has 0 aromatic carbocycles. The van der Waals surface area contributed by atoms with E-state index in [1.807, 2.05) is 20.8 Å². The van der Waals surface area contributed by atoms with Crippen LogP contribution in [0.15, 0.2) is 0 Å². The molecule has 0 spiro atoms. The highest BCUT2D eigenvalue weighted by atomic mass is 16.4. The SMILES string of the molecule is CC(C)(C)CC1(C(=O)O)CNCCN1C(=O)O. The highest BCUT2D eigenvalue weighted by Gasteiger charge is 2.50. The third-order valence-electron chi connectivity index (χ3n) is 2.90. The van der Waals surface area contributed by atoms with E-state index in [2.05, 4.69) is 5.32 Å². The number of piperazine rings is 1. The molecule has 1 unspecified atom stereocenters. The summed E-state index contributed by atoms with van der Waals surface area (Å²) >= 11 is 0. The van der Waals surface area contributed by atoms with Gasteiger partial charge in [-0.1, -0.05) is 20.8 Å². The van der Waals surface area contributed by atoms with E-state index in [0.29, 0.717) is 6.54 Å². The molecule has 6 heteroatoms. The number of rotatable bonds is 2. The van der Waals surface area contributed by atoms with Crippen molar-refractivity contribution >= 4 is 12.1 Å². The van der Waals surface area contributed by atoms with Crippen molar-refractivity contribution in [1.29, 1.82) is 0 Å². The Morgan fingerprint density at radius 2 is 1.94 bits per heavy atom. The molecule has 0 aromatic heterocycles. The Morgan fingerprint density at radius 1 is 1.35 bits per heavy atom. The van der Waals surface area contributed by atoms with Crippen molar-refractivity contribution in [3.05, 3.63) is 0 Å². The van der Waals surface area contributed by atoms with Gasteiger partial charge in [0.05, 0.1) is 0 Å². The van der Waals surface area contributed by atoms with Gasteiger partial charge in [-0.25, -0.2) is 9.59 Å². The quantitative estimate of drug-likeness (QED) is 0.669. The third-order valence-corrected chi connectivity index (χ3v) is 2.90. The van der Waals surface area contributed by atoms with Gasteiger partial charge in [-0.3, -0.25) is 4.90 Å². The highest BCUT2D eigenvalue weighted by molar-refractivity contribution is 5.84. The van der Waals surface area contributed by atoms with Gasteiger partial charge in [0.15, 0.2) is 5.54 Å². The zero-order valence-electron chi connectivity index (χ0n) is 10.5. The summed E-state index contributed by atoms with van der Waals surface area (Å²) in [5.41, 5.74) is -1.62. The van der Waals surface area contributed by atoms with Gasteiger partial charge in [0.1, 0.15) is 0 Å². The zero-order valence-corrected chi connectivity index (χ0v) is 10.5. The van der Waals surface area contributed by atoms with Crippen molar-refractivity contribution < 1.29 is 19.8 Å². The molecule has 1 aliphatic heterocycles. The molecule has 1 fully saturated rings. The molecular weight excluding hydrogens is 224 g/mol. The standard InChI is InChI=1S/C11H20N2O4/c1-10(2,3)6-11(8(14)15)7-12-4-5-13(11)9(16)17/h12H,4-7H2,1-3H3,(H,14,15)(H,16,17). The Morgan fingerprint density at radius 3 is 2.35 bits per heavy atom. The summed E-state index contributed by atoms with van der Waals surface area (Å²) in [4.78, 5) is 23.8. The first-order valence-electron chi connectivity index (χ1n) is 5.64. The number of hydrogen-bond acceptors (Lipinski definition) is 3. The first-order valence-corrected chi connectivity index (χ1v) is 5.64. The van der Waals surface area contributed by atoms with Crippen LogP contribution in [-0.4, -0.2) is 52.3 Å². The second kappa shape index (κ2) is 4.52. The molecule has 1 saturated heterocycles. The first kappa shape index (κ1) is 13.8. The van der Waals surface area contributed by atoms with Gasteiger partial charge in [0, 0.05) is 19.6 Å². The maximum Gasteiger partial charge on any atom is 0.408 e. The van der Waals surface area contributed by atoms with Crippen molar-refractivity contribution in [3.63, 3.8) is 0 Å². The molecule has 1 aliphatic rings. The van der Waals surface area contributed by atoms with E-state index in [1.165, 1.54) is 0 Å². The number of aliphatic carboxylic acids is 1. The van der Waals surface area contributed by atoms with Crippen molar-refractivity contribution in [2.45, 2.75) is 32.7 Å². The second-order valence-corrected chi connectivity index (χ2v) is 5.69. The molecule has 17 heavy (non-hydrogen) atoms. The lowest BCUT2D eigenvalue weighted by atomic mass is 9.77. The van der Waals surface area contributed by atoms with E-state index < -0.39 is 17.6 Å². The topological polar surface area (TPSA) is 89.9 Å². The number of carboxylic acid groups (broad SMARTS) is 2. The summed E-state index contributed by atoms with van der Waals surface area (Å²) in [6.07, 6.45) is -0.882. The average Bonchev–Trinajstić information content (AvgIpc) is 2.15. The lowest BCUT2D eigenvalue weighted by molar-refractivity contribution is -0.153. The van der Waals surface area contributed by atoms with Gasteiger partial charge >= 0.3 is 12.1 Å². The van der Waals surface area contributed by atoms with Gasteiger partial charge in [-0.05, 0) is 11.8 Å². The third kappa shape index (κ3) is 2.88. The maximum atomic E-state index is 11.5. The average molecular weight is 244 g/mol. The minimum Gasteiger partial charge on any atom is -0.479 e. The maximum absolute atomic E-state index is 11.5. The van der Waals surface area contributed by atoms with Crippen LogP contribution in [0.25, 0.3) is 0 Å². The molecule has 0 aliphatic carbocycles. The van der Waals surface area contributed by atoms with Crippen molar-refractivity contribution in [2.24, 2.45) is 5.41 Å². The van der Waals surface area contributed by atoms with E-state index >= 15 is 0 Å². The summed E-state index contributed by atoms with van der Waals surface area (Å²) < 4.78 is 0. The molecular formula is C11H20N2O4. The fourth-order valence-electron chi connectivity index (χ4n) is 2.38. The molecule has 0 aromatic rings. The molecule has 0 saturated carbocycles. The predicted molar refractivity (Wildman–Crippen MR) is 62.0 cm³/mol. The molecule has 0 radical (unpaired) electrons. The van der Waals surface area contributed by atoms with E-state index in [4.69, 9.17) is 5.11 Å². The van der Waals surface area contributed by atoms with Gasteiger partial charge < -0.3 is 15.5 Å². The summed E-state index contributed by atoms with van der Waals surface area (Å²) in [6, 6.07) is 0. The summed E-state index contributed by atoms with van der Waals surface area (Å²) in [5, 5.41) is 21.6. The van der Waals surface area contributed by atoms with Gasteiger partial charge in [-0.2, -0.15) is 0 Å². The number of nitrogens with one attached hydrogen (secondary N) is 1. The Hall–Kier alpha value is -1.30. The van der Waals surface area contributed by atoms with Crippen molar-refractivity contribution in [2.75, 3.05) is 19.6 Å². The van der Waals surface area contributed by atoms with Crippen LogP contribution in [0.2, 0.25) is 0 Å². The van der Waals surface area contributed by atoms with Crippen LogP contribution in [0, 0.1) is 5.41 Å². The van der Waals surface area contributed by atoms with E-state index in [1.54, 1.807) is 0 Å². The molecule has 1 atom stereocenters.